The van der Waals surface area contributed by atoms with Crippen LogP contribution in [-0.2, 0) is 17.3 Å². The van der Waals surface area contributed by atoms with E-state index in [1.54, 1.807) is 6.07 Å². The van der Waals surface area contributed by atoms with Crippen LogP contribution in [0.3, 0.4) is 0 Å². The zero-order valence-corrected chi connectivity index (χ0v) is 18.2. The summed E-state index contributed by atoms with van der Waals surface area (Å²) >= 11 is 1.43. The SMILES string of the molecule is CC(C)Oc1c(C#N)cccc1-c1nnc(-c2cccc3c2CCC3N[SH](=O)=O)s1. The molecule has 0 amide bonds. The molecule has 1 atom stereocenters. The molecule has 1 aliphatic rings. The van der Waals surface area contributed by atoms with Crippen LogP contribution in [-0.4, -0.2) is 24.7 Å². The van der Waals surface area contributed by atoms with Gasteiger partial charge in [0.25, 0.3) is 0 Å². The second-order valence-electron chi connectivity index (χ2n) is 7.22. The molecule has 30 heavy (non-hydrogen) atoms. The van der Waals surface area contributed by atoms with E-state index in [2.05, 4.69) is 21.0 Å². The highest BCUT2D eigenvalue weighted by Gasteiger charge is 2.27. The first-order valence-electron chi connectivity index (χ1n) is 9.54. The summed E-state index contributed by atoms with van der Waals surface area (Å²) in [6.07, 6.45) is 1.41. The van der Waals surface area contributed by atoms with Crippen LogP contribution in [0.4, 0.5) is 0 Å². The van der Waals surface area contributed by atoms with Crippen molar-refractivity contribution >= 4 is 22.2 Å². The van der Waals surface area contributed by atoms with Crippen LogP contribution in [0.1, 0.15) is 43.0 Å². The molecule has 1 N–H and O–H groups in total. The van der Waals surface area contributed by atoms with Crippen LogP contribution in [0, 0.1) is 11.3 Å². The van der Waals surface area contributed by atoms with Crippen molar-refractivity contribution in [2.24, 2.45) is 0 Å². The molecule has 0 saturated heterocycles. The summed E-state index contributed by atoms with van der Waals surface area (Å²) in [6, 6.07) is 13.2. The number of hydrogen-bond acceptors (Lipinski definition) is 7. The Bertz CT molecular complexity index is 1200. The topological polar surface area (TPSA) is 105 Å². The predicted octanol–water partition coefficient (Wildman–Crippen LogP) is 3.63. The molecule has 9 heteroatoms. The molecule has 1 aromatic heterocycles. The smallest absolute Gasteiger partial charge is 0.201 e. The lowest BCUT2D eigenvalue weighted by Crippen LogP contribution is -2.16. The number of ether oxygens (including phenoxy) is 1. The van der Waals surface area contributed by atoms with Crippen LogP contribution in [0.15, 0.2) is 36.4 Å². The van der Waals surface area contributed by atoms with E-state index in [0.29, 0.717) is 16.3 Å². The van der Waals surface area contributed by atoms with E-state index in [-0.39, 0.29) is 12.1 Å². The van der Waals surface area contributed by atoms with Gasteiger partial charge in [-0.3, -0.25) is 0 Å². The van der Waals surface area contributed by atoms with E-state index >= 15 is 0 Å². The van der Waals surface area contributed by atoms with Crippen molar-refractivity contribution in [2.75, 3.05) is 0 Å². The summed E-state index contributed by atoms with van der Waals surface area (Å²) in [4.78, 5) is 0. The number of para-hydroxylation sites is 1. The van der Waals surface area contributed by atoms with Gasteiger partial charge in [0.1, 0.15) is 16.8 Å². The Morgan fingerprint density at radius 1 is 1.17 bits per heavy atom. The maximum atomic E-state index is 11.1. The summed E-state index contributed by atoms with van der Waals surface area (Å²) in [5.74, 6) is 0.513. The molecule has 1 aliphatic carbocycles. The highest BCUT2D eigenvalue weighted by Crippen LogP contribution is 2.41. The van der Waals surface area contributed by atoms with Crippen molar-refractivity contribution in [1.29, 1.82) is 5.26 Å². The Morgan fingerprint density at radius 3 is 2.57 bits per heavy atom. The fourth-order valence-electron chi connectivity index (χ4n) is 3.71. The van der Waals surface area contributed by atoms with Gasteiger partial charge in [-0.2, -0.15) is 5.26 Å². The third-order valence-electron chi connectivity index (χ3n) is 4.91. The summed E-state index contributed by atoms with van der Waals surface area (Å²) in [5, 5.41) is 19.7. The quantitative estimate of drug-likeness (QED) is 0.567. The van der Waals surface area contributed by atoms with Gasteiger partial charge in [-0.05, 0) is 49.9 Å². The number of aromatic nitrogens is 2. The third kappa shape index (κ3) is 3.94. The van der Waals surface area contributed by atoms with Gasteiger partial charge in [-0.15, -0.1) is 10.2 Å². The van der Waals surface area contributed by atoms with E-state index in [4.69, 9.17) is 4.74 Å². The number of nitrogens with one attached hydrogen (secondary N) is 1. The monoisotopic (exact) mass is 440 g/mol. The molecule has 0 aliphatic heterocycles. The van der Waals surface area contributed by atoms with Gasteiger partial charge in [-0.1, -0.05) is 35.6 Å². The van der Waals surface area contributed by atoms with Crippen molar-refractivity contribution < 1.29 is 13.2 Å². The molecule has 0 bridgehead atoms. The molecule has 0 radical (unpaired) electrons. The number of benzene rings is 2. The summed E-state index contributed by atoms with van der Waals surface area (Å²) in [7, 11) is -2.66. The largest absolute Gasteiger partial charge is 0.489 e. The average molecular weight is 441 g/mol. The highest BCUT2D eigenvalue weighted by atomic mass is 32.2. The van der Waals surface area contributed by atoms with Gasteiger partial charge in [0.2, 0.25) is 10.9 Å². The Labute approximate surface area is 180 Å². The van der Waals surface area contributed by atoms with Gasteiger partial charge < -0.3 is 4.74 Å². The van der Waals surface area contributed by atoms with Crippen molar-refractivity contribution in [1.82, 2.24) is 14.9 Å². The molecular formula is C21H20N4O3S2. The molecule has 2 aromatic carbocycles. The molecule has 1 heterocycles. The van der Waals surface area contributed by atoms with Gasteiger partial charge in [0.15, 0.2) is 5.01 Å². The first-order chi connectivity index (χ1) is 14.5. The Kier molecular flexibility index (Phi) is 5.81. The molecule has 4 rings (SSSR count). The van der Waals surface area contributed by atoms with Crippen LogP contribution in [0.2, 0.25) is 0 Å². The van der Waals surface area contributed by atoms with Crippen LogP contribution >= 0.6 is 11.3 Å². The molecule has 3 aromatic rings. The first kappa shape index (κ1) is 20.5. The lowest BCUT2D eigenvalue weighted by atomic mass is 10.0. The number of hydrogen-bond donors (Lipinski definition) is 2. The molecule has 0 saturated carbocycles. The number of fused-ring (bicyclic) bond motifs is 1. The first-order valence-corrected chi connectivity index (χ1v) is 11.5. The maximum absolute atomic E-state index is 11.1. The normalized spacial score (nSPS) is 15.4. The molecule has 0 fully saturated rings. The van der Waals surface area contributed by atoms with Crippen molar-refractivity contribution in [2.45, 2.75) is 38.8 Å². The van der Waals surface area contributed by atoms with E-state index < -0.39 is 10.9 Å². The standard InChI is InChI=1S/C21H20N4O3S2/c1-12(2)28-19-13(11-22)5-3-8-17(19)21-24-23-20(29-21)16-7-4-6-15-14(16)9-10-18(15)25-30(26)27/h3-8,12,18,30H,9-10H2,1-2H3,(H,25,26,27). The maximum Gasteiger partial charge on any atom is 0.201 e. The van der Waals surface area contributed by atoms with Gasteiger partial charge in [-0.25, -0.2) is 13.1 Å². The minimum Gasteiger partial charge on any atom is -0.489 e. The summed E-state index contributed by atoms with van der Waals surface area (Å²) in [6.45, 7) is 3.83. The van der Waals surface area contributed by atoms with E-state index in [1.165, 1.54) is 11.3 Å². The fourth-order valence-corrected chi connectivity index (χ4v) is 5.15. The lowest BCUT2D eigenvalue weighted by molar-refractivity contribution is 0.243. The molecule has 154 valence electrons. The van der Waals surface area contributed by atoms with Gasteiger partial charge in [0.05, 0.1) is 17.2 Å². The summed E-state index contributed by atoms with van der Waals surface area (Å²) in [5.41, 5.74) is 4.24. The second kappa shape index (κ2) is 8.52. The minimum atomic E-state index is -2.66. The molecule has 0 spiro atoms. The number of nitrogens with zero attached hydrogens (tertiary/aromatic N) is 3. The molecule has 1 unspecified atom stereocenters. The van der Waals surface area contributed by atoms with E-state index in [1.807, 2.05) is 44.2 Å². The summed E-state index contributed by atoms with van der Waals surface area (Å²) < 4.78 is 30.8. The highest BCUT2D eigenvalue weighted by molar-refractivity contribution is 7.70. The van der Waals surface area contributed by atoms with Crippen LogP contribution in [0.5, 0.6) is 5.75 Å². The van der Waals surface area contributed by atoms with Crippen molar-refractivity contribution in [3.63, 3.8) is 0 Å². The molecule has 7 nitrogen and oxygen atoms in total. The minimum absolute atomic E-state index is 0.0834. The second-order valence-corrected chi connectivity index (χ2v) is 8.97. The van der Waals surface area contributed by atoms with Crippen molar-refractivity contribution in [3.05, 3.63) is 53.1 Å². The predicted molar refractivity (Wildman–Crippen MR) is 116 cm³/mol. The van der Waals surface area contributed by atoms with Gasteiger partial charge >= 0.3 is 0 Å². The Balaban J connectivity index is 1.74. The Morgan fingerprint density at radius 2 is 1.87 bits per heavy atom. The van der Waals surface area contributed by atoms with Gasteiger partial charge in [0, 0.05) is 11.6 Å². The van der Waals surface area contributed by atoms with Crippen molar-refractivity contribution in [3.8, 4) is 33.0 Å². The van der Waals surface area contributed by atoms with E-state index in [0.717, 1.165) is 40.1 Å². The Hall–Kier alpha value is -2.80. The van der Waals surface area contributed by atoms with Crippen LogP contribution < -0.4 is 9.46 Å². The zero-order valence-electron chi connectivity index (χ0n) is 16.5. The fraction of sp³-hybridized carbons (Fsp3) is 0.286. The molecular weight excluding hydrogens is 420 g/mol. The number of rotatable bonds is 6. The average Bonchev–Trinajstić information content (AvgIpc) is 3.35. The third-order valence-corrected chi connectivity index (χ3v) is 6.42. The van der Waals surface area contributed by atoms with E-state index in [9.17, 15) is 13.7 Å². The lowest BCUT2D eigenvalue weighted by Gasteiger charge is -2.14. The van der Waals surface area contributed by atoms with Crippen LogP contribution in [0.25, 0.3) is 21.1 Å². The number of thiol groups is 1. The number of nitriles is 1. The zero-order chi connectivity index (χ0) is 21.3.